The summed E-state index contributed by atoms with van der Waals surface area (Å²) in [5.41, 5.74) is 1.42. The first-order chi connectivity index (χ1) is 17.8. The predicted molar refractivity (Wildman–Crippen MR) is 149 cm³/mol. The topological polar surface area (TPSA) is 84.9 Å². The Hall–Kier alpha value is -2.84. The van der Waals surface area contributed by atoms with Crippen LogP contribution in [0.3, 0.4) is 0 Å². The summed E-state index contributed by atoms with van der Waals surface area (Å²) >= 11 is 9.73. The van der Waals surface area contributed by atoms with Crippen molar-refractivity contribution < 1.29 is 23.9 Å². The number of ether oxygens (including phenoxy) is 2. The maximum atomic E-state index is 13.2. The zero-order valence-electron chi connectivity index (χ0n) is 21.4. The van der Waals surface area contributed by atoms with Crippen molar-refractivity contribution in [3.05, 3.63) is 56.5 Å². The number of hydrogen-bond acceptors (Lipinski definition) is 5. The molecule has 0 unspecified atom stereocenters. The van der Waals surface area contributed by atoms with Crippen molar-refractivity contribution in [1.29, 1.82) is 0 Å². The van der Waals surface area contributed by atoms with Crippen LogP contribution in [-0.4, -0.2) is 31.1 Å². The molecular formula is C28H32BrClN2O5. The van der Waals surface area contributed by atoms with Crippen LogP contribution in [0, 0.1) is 6.92 Å². The maximum Gasteiger partial charge on any atom is 0.335 e. The van der Waals surface area contributed by atoms with E-state index in [2.05, 4.69) is 28.2 Å². The molecule has 0 spiro atoms. The number of urea groups is 1. The summed E-state index contributed by atoms with van der Waals surface area (Å²) in [5, 5.41) is 2.63. The molecule has 0 bridgehead atoms. The molecule has 7 nitrogen and oxygen atoms in total. The summed E-state index contributed by atoms with van der Waals surface area (Å²) in [7, 11) is 0. The van der Waals surface area contributed by atoms with Crippen molar-refractivity contribution in [3.63, 3.8) is 0 Å². The van der Waals surface area contributed by atoms with Gasteiger partial charge < -0.3 is 9.47 Å². The van der Waals surface area contributed by atoms with Crippen LogP contribution in [0.15, 0.2) is 40.4 Å². The van der Waals surface area contributed by atoms with E-state index in [0.29, 0.717) is 39.8 Å². The van der Waals surface area contributed by atoms with Gasteiger partial charge in [-0.25, -0.2) is 9.69 Å². The highest BCUT2D eigenvalue weighted by molar-refractivity contribution is 9.10. The Morgan fingerprint density at radius 1 is 1.00 bits per heavy atom. The molecule has 0 aliphatic carbocycles. The number of rotatable bonds is 12. The Balaban J connectivity index is 1.83. The molecule has 2 aromatic carbocycles. The van der Waals surface area contributed by atoms with Gasteiger partial charge in [0.15, 0.2) is 11.5 Å². The van der Waals surface area contributed by atoms with Gasteiger partial charge in [-0.15, -0.1) is 0 Å². The van der Waals surface area contributed by atoms with Crippen molar-refractivity contribution >= 4 is 57.1 Å². The van der Waals surface area contributed by atoms with Crippen molar-refractivity contribution in [1.82, 2.24) is 5.32 Å². The monoisotopic (exact) mass is 590 g/mol. The van der Waals surface area contributed by atoms with Gasteiger partial charge in [-0.05, 0) is 77.7 Å². The summed E-state index contributed by atoms with van der Waals surface area (Å²) in [6, 6.07) is 7.44. The van der Waals surface area contributed by atoms with E-state index in [9.17, 15) is 14.4 Å². The van der Waals surface area contributed by atoms with Crippen LogP contribution in [-0.2, 0) is 9.59 Å². The minimum Gasteiger partial charge on any atom is -0.490 e. The van der Waals surface area contributed by atoms with Crippen LogP contribution in [0.1, 0.15) is 63.5 Å². The summed E-state index contributed by atoms with van der Waals surface area (Å²) in [4.78, 5) is 39.3. The number of nitrogens with zero attached hydrogens (tertiary/aromatic N) is 1. The first-order valence-corrected chi connectivity index (χ1v) is 13.7. The third kappa shape index (κ3) is 7.36. The number of unbranched alkanes of at least 4 members (excludes halogenated alkanes) is 5. The lowest BCUT2D eigenvalue weighted by Gasteiger charge is -2.26. The molecule has 198 valence electrons. The SMILES string of the molecule is CCCCCCCCOc1c(Br)cc(/C=C2\C(=O)NC(=O)N(c3ccc(C)c(Cl)c3)C2=O)cc1OCC. The summed E-state index contributed by atoms with van der Waals surface area (Å²) < 4.78 is 12.5. The van der Waals surface area contributed by atoms with Crippen molar-refractivity contribution in [2.75, 3.05) is 18.1 Å². The third-order valence-corrected chi connectivity index (χ3v) is 6.90. The molecule has 37 heavy (non-hydrogen) atoms. The molecule has 2 aromatic rings. The molecule has 0 saturated carbocycles. The molecule has 1 N–H and O–H groups in total. The zero-order chi connectivity index (χ0) is 26.9. The Morgan fingerprint density at radius 3 is 2.43 bits per heavy atom. The first-order valence-electron chi connectivity index (χ1n) is 12.5. The standard InChI is InChI=1S/C28H32BrClN2O5/c1-4-6-7-8-9-10-13-37-25-22(29)15-19(16-24(25)36-5-2)14-21-26(33)31-28(35)32(27(21)34)20-12-11-18(3)23(30)17-20/h11-12,14-17H,4-10,13H2,1-3H3,(H,31,33,35)/b21-14+. The number of barbiturate groups is 1. The van der Waals surface area contributed by atoms with Crippen molar-refractivity contribution in [2.45, 2.75) is 59.3 Å². The normalized spacial score (nSPS) is 14.8. The van der Waals surface area contributed by atoms with Crippen LogP contribution in [0.25, 0.3) is 6.08 Å². The number of nitrogens with one attached hydrogen (secondary N) is 1. The van der Waals surface area contributed by atoms with E-state index in [4.69, 9.17) is 21.1 Å². The number of halogens is 2. The highest BCUT2D eigenvalue weighted by atomic mass is 79.9. The van der Waals surface area contributed by atoms with Crippen molar-refractivity contribution in [2.24, 2.45) is 0 Å². The van der Waals surface area contributed by atoms with Gasteiger partial charge in [0.1, 0.15) is 5.57 Å². The second kappa shape index (κ2) is 13.6. The average molecular weight is 592 g/mol. The lowest BCUT2D eigenvalue weighted by Crippen LogP contribution is -2.54. The summed E-state index contributed by atoms with van der Waals surface area (Å²) in [6.45, 7) is 6.85. The number of anilines is 1. The Bertz CT molecular complexity index is 1200. The molecule has 0 aromatic heterocycles. The van der Waals surface area contributed by atoms with Gasteiger partial charge in [0.05, 0.1) is 23.4 Å². The fraction of sp³-hybridized carbons (Fsp3) is 0.393. The average Bonchev–Trinajstić information content (AvgIpc) is 2.84. The maximum absolute atomic E-state index is 13.2. The van der Waals surface area contributed by atoms with Gasteiger partial charge in [-0.1, -0.05) is 56.7 Å². The molecule has 1 aliphatic rings. The molecule has 1 fully saturated rings. The molecule has 0 atom stereocenters. The molecule has 1 heterocycles. The van der Waals surface area contributed by atoms with Gasteiger partial charge in [-0.2, -0.15) is 0 Å². The molecule has 0 radical (unpaired) electrons. The summed E-state index contributed by atoms with van der Waals surface area (Å²) in [5.74, 6) is -0.451. The van der Waals surface area contributed by atoms with Crippen LogP contribution < -0.4 is 19.7 Å². The Kier molecular flexibility index (Phi) is 10.6. The number of carbonyl (C=O) groups is 3. The second-order valence-corrected chi connectivity index (χ2v) is 10.0. The van der Waals surface area contributed by atoms with E-state index in [0.717, 1.165) is 23.3 Å². The van der Waals surface area contributed by atoms with Gasteiger partial charge in [0.2, 0.25) is 0 Å². The highest BCUT2D eigenvalue weighted by Crippen LogP contribution is 2.38. The quantitative estimate of drug-likeness (QED) is 0.160. The molecule has 1 saturated heterocycles. The number of aryl methyl sites for hydroxylation is 1. The van der Waals surface area contributed by atoms with Crippen molar-refractivity contribution in [3.8, 4) is 11.5 Å². The number of hydrogen-bond donors (Lipinski definition) is 1. The van der Waals surface area contributed by atoms with Gasteiger partial charge in [-0.3, -0.25) is 14.9 Å². The number of carbonyl (C=O) groups excluding carboxylic acids is 3. The van der Waals surface area contributed by atoms with E-state index in [-0.39, 0.29) is 11.3 Å². The fourth-order valence-corrected chi connectivity index (χ4v) is 4.66. The Labute approximate surface area is 231 Å². The van der Waals surface area contributed by atoms with E-state index in [1.165, 1.54) is 37.8 Å². The molecule has 3 rings (SSSR count). The number of amides is 4. The van der Waals surface area contributed by atoms with E-state index >= 15 is 0 Å². The largest absolute Gasteiger partial charge is 0.490 e. The van der Waals surface area contributed by atoms with Gasteiger partial charge >= 0.3 is 6.03 Å². The molecule has 9 heteroatoms. The van der Waals surface area contributed by atoms with Crippen LogP contribution in [0.2, 0.25) is 5.02 Å². The lowest BCUT2D eigenvalue weighted by atomic mass is 10.1. The smallest absolute Gasteiger partial charge is 0.335 e. The van der Waals surface area contributed by atoms with E-state index in [1.807, 2.05) is 13.8 Å². The Morgan fingerprint density at radius 2 is 1.73 bits per heavy atom. The minimum atomic E-state index is -0.832. The lowest BCUT2D eigenvalue weighted by molar-refractivity contribution is -0.122. The molecular weight excluding hydrogens is 560 g/mol. The van der Waals surface area contributed by atoms with Crippen LogP contribution in [0.5, 0.6) is 11.5 Å². The van der Waals surface area contributed by atoms with Crippen LogP contribution >= 0.6 is 27.5 Å². The van der Waals surface area contributed by atoms with Gasteiger partial charge in [0.25, 0.3) is 11.8 Å². The predicted octanol–water partition coefficient (Wildman–Crippen LogP) is 7.22. The molecule has 1 aliphatic heterocycles. The highest BCUT2D eigenvalue weighted by Gasteiger charge is 2.37. The molecule has 4 amide bonds. The number of imide groups is 2. The van der Waals surface area contributed by atoms with E-state index in [1.54, 1.807) is 24.3 Å². The minimum absolute atomic E-state index is 0.189. The third-order valence-electron chi connectivity index (χ3n) is 5.90. The number of benzene rings is 2. The van der Waals surface area contributed by atoms with Crippen LogP contribution in [0.4, 0.5) is 10.5 Å². The first kappa shape index (κ1) is 28.7. The van der Waals surface area contributed by atoms with Gasteiger partial charge in [0, 0.05) is 5.02 Å². The summed E-state index contributed by atoms with van der Waals surface area (Å²) in [6.07, 6.45) is 8.36. The second-order valence-electron chi connectivity index (χ2n) is 8.77. The fourth-order valence-electron chi connectivity index (χ4n) is 3.91. The zero-order valence-corrected chi connectivity index (χ0v) is 23.7. The van der Waals surface area contributed by atoms with E-state index < -0.39 is 17.8 Å².